The summed E-state index contributed by atoms with van der Waals surface area (Å²) in [6.07, 6.45) is 5.84. The standard InChI is InChI=1S/C28H32ClN3O3S/c1-21-4-10-24(11-5-21)36(34,35)32-18-2-3-25(32)26(33)31(19-22-6-8-23(29)9-7-22)28-15-12-27(20-30,13-16-28)14-17-28/h4-11,25H,2-3,12-19H2,1H3/t25-,27?,28?/m0/s1. The molecule has 1 aliphatic heterocycles. The quantitative estimate of drug-likeness (QED) is 0.502. The van der Waals surface area contributed by atoms with Crippen molar-refractivity contribution in [2.24, 2.45) is 5.41 Å². The van der Waals surface area contributed by atoms with Crippen LogP contribution >= 0.6 is 11.6 Å². The number of nitrogens with zero attached hydrogens (tertiary/aromatic N) is 3. The van der Waals surface area contributed by atoms with Crippen molar-refractivity contribution in [2.45, 2.75) is 81.3 Å². The Hall–Kier alpha value is -2.40. The van der Waals surface area contributed by atoms with E-state index in [-0.39, 0.29) is 21.8 Å². The first-order valence-electron chi connectivity index (χ1n) is 12.7. The summed E-state index contributed by atoms with van der Waals surface area (Å²) in [5, 5.41) is 10.4. The molecule has 2 aromatic carbocycles. The van der Waals surface area contributed by atoms with Crippen molar-refractivity contribution in [2.75, 3.05) is 6.54 Å². The van der Waals surface area contributed by atoms with Crippen LogP contribution in [0, 0.1) is 23.7 Å². The molecule has 0 spiro atoms. The van der Waals surface area contributed by atoms with Crippen molar-refractivity contribution in [1.29, 1.82) is 5.26 Å². The van der Waals surface area contributed by atoms with E-state index in [1.54, 1.807) is 24.3 Å². The fourth-order valence-electron chi connectivity index (χ4n) is 6.29. The molecule has 8 heteroatoms. The zero-order valence-electron chi connectivity index (χ0n) is 20.6. The second-order valence-corrected chi connectivity index (χ2v) is 13.1. The Morgan fingerprint density at radius 1 is 1.06 bits per heavy atom. The Morgan fingerprint density at radius 2 is 1.67 bits per heavy atom. The van der Waals surface area contributed by atoms with Gasteiger partial charge in [0.2, 0.25) is 15.9 Å². The third-order valence-electron chi connectivity index (χ3n) is 8.65. The van der Waals surface area contributed by atoms with Gasteiger partial charge in [-0.3, -0.25) is 4.79 Å². The van der Waals surface area contributed by atoms with E-state index in [2.05, 4.69) is 6.07 Å². The molecule has 2 bridgehead atoms. The lowest BCUT2D eigenvalue weighted by Gasteiger charge is -2.56. The molecule has 190 valence electrons. The van der Waals surface area contributed by atoms with Crippen molar-refractivity contribution >= 4 is 27.5 Å². The maximum atomic E-state index is 14.3. The molecule has 1 saturated heterocycles. The van der Waals surface area contributed by atoms with Gasteiger partial charge in [-0.15, -0.1) is 0 Å². The highest BCUT2D eigenvalue weighted by molar-refractivity contribution is 7.89. The first kappa shape index (κ1) is 25.3. The van der Waals surface area contributed by atoms with Gasteiger partial charge in [0, 0.05) is 23.7 Å². The number of benzene rings is 2. The van der Waals surface area contributed by atoms with E-state index in [9.17, 15) is 18.5 Å². The average Bonchev–Trinajstić information content (AvgIpc) is 3.40. The van der Waals surface area contributed by atoms with E-state index >= 15 is 0 Å². The molecule has 0 unspecified atom stereocenters. The van der Waals surface area contributed by atoms with E-state index in [4.69, 9.17) is 11.6 Å². The fourth-order valence-corrected chi connectivity index (χ4v) is 8.07. The number of rotatable bonds is 6. The largest absolute Gasteiger partial charge is 0.331 e. The van der Waals surface area contributed by atoms with E-state index < -0.39 is 16.1 Å². The summed E-state index contributed by atoms with van der Waals surface area (Å²) in [7, 11) is -3.80. The number of halogens is 1. The summed E-state index contributed by atoms with van der Waals surface area (Å²) in [5.74, 6) is -0.121. The van der Waals surface area contributed by atoms with Crippen molar-refractivity contribution in [3.63, 3.8) is 0 Å². The van der Waals surface area contributed by atoms with Crippen LogP contribution in [0.3, 0.4) is 0 Å². The SMILES string of the molecule is Cc1ccc(S(=O)(=O)N2CCC[C@H]2C(=O)N(Cc2ccc(Cl)cc2)C23CCC(C#N)(CC2)CC3)cc1. The van der Waals surface area contributed by atoms with Crippen molar-refractivity contribution in [3.8, 4) is 6.07 Å². The van der Waals surface area contributed by atoms with Gasteiger partial charge in [-0.05, 0) is 88.1 Å². The third-order valence-corrected chi connectivity index (χ3v) is 10.8. The zero-order chi connectivity index (χ0) is 25.6. The van der Waals surface area contributed by atoms with Crippen LogP contribution in [0.4, 0.5) is 0 Å². The van der Waals surface area contributed by atoms with Crippen LogP contribution < -0.4 is 0 Å². The summed E-state index contributed by atoms with van der Waals surface area (Å²) in [6.45, 7) is 2.66. The second-order valence-electron chi connectivity index (χ2n) is 10.8. The molecule has 0 N–H and O–H groups in total. The van der Waals surface area contributed by atoms with Gasteiger partial charge in [-0.25, -0.2) is 8.42 Å². The van der Waals surface area contributed by atoms with Crippen LogP contribution in [0.15, 0.2) is 53.4 Å². The van der Waals surface area contributed by atoms with Gasteiger partial charge in [0.1, 0.15) is 6.04 Å². The highest BCUT2D eigenvalue weighted by Gasteiger charge is 2.54. The molecule has 4 fully saturated rings. The van der Waals surface area contributed by atoms with Crippen molar-refractivity contribution < 1.29 is 13.2 Å². The molecule has 3 saturated carbocycles. The molecule has 0 radical (unpaired) electrons. The number of hydrogen-bond donors (Lipinski definition) is 0. The van der Waals surface area contributed by atoms with Crippen molar-refractivity contribution in [1.82, 2.24) is 9.21 Å². The highest BCUT2D eigenvalue weighted by atomic mass is 35.5. The first-order chi connectivity index (χ1) is 17.2. The number of nitriles is 1. The van der Waals surface area contributed by atoms with E-state index in [0.29, 0.717) is 31.0 Å². The topological polar surface area (TPSA) is 81.5 Å². The Balaban J connectivity index is 1.48. The Morgan fingerprint density at radius 3 is 2.25 bits per heavy atom. The molecule has 2 aromatic rings. The summed E-state index contributed by atoms with van der Waals surface area (Å²) >= 11 is 6.11. The van der Waals surface area contributed by atoms with Crippen LogP contribution in [0.5, 0.6) is 0 Å². The monoisotopic (exact) mass is 525 g/mol. The molecular formula is C28H32ClN3O3S. The molecule has 1 heterocycles. The number of hydrogen-bond acceptors (Lipinski definition) is 4. The third kappa shape index (κ3) is 4.44. The van der Waals surface area contributed by atoms with Crippen LogP contribution in [-0.2, 0) is 21.4 Å². The van der Waals surface area contributed by atoms with Gasteiger partial charge in [0.05, 0.1) is 16.4 Å². The van der Waals surface area contributed by atoms with Crippen molar-refractivity contribution in [3.05, 3.63) is 64.7 Å². The van der Waals surface area contributed by atoms with Gasteiger partial charge in [0.15, 0.2) is 0 Å². The van der Waals surface area contributed by atoms with Crippen LogP contribution in [0.2, 0.25) is 5.02 Å². The molecule has 1 amide bonds. The number of sulfonamides is 1. The lowest BCUT2D eigenvalue weighted by Crippen LogP contribution is -2.61. The molecule has 1 atom stereocenters. The van der Waals surface area contributed by atoms with E-state index in [1.165, 1.54) is 4.31 Å². The van der Waals surface area contributed by atoms with Crippen LogP contribution in [0.25, 0.3) is 0 Å². The van der Waals surface area contributed by atoms with Gasteiger partial charge in [-0.2, -0.15) is 9.57 Å². The smallest absolute Gasteiger partial charge is 0.243 e. The van der Waals surface area contributed by atoms with Gasteiger partial charge < -0.3 is 4.90 Å². The minimum absolute atomic E-state index is 0.121. The Bertz CT molecular complexity index is 1260. The van der Waals surface area contributed by atoms with E-state index in [1.807, 2.05) is 36.1 Å². The molecule has 6 nitrogen and oxygen atoms in total. The number of carbonyl (C=O) groups excluding carboxylic acids is 1. The summed E-state index contributed by atoms with van der Waals surface area (Å²) in [4.78, 5) is 16.5. The lowest BCUT2D eigenvalue weighted by molar-refractivity contribution is -0.149. The van der Waals surface area contributed by atoms with Gasteiger partial charge in [0.25, 0.3) is 0 Å². The minimum atomic E-state index is -3.80. The van der Waals surface area contributed by atoms with Gasteiger partial charge >= 0.3 is 0 Å². The van der Waals surface area contributed by atoms with Gasteiger partial charge in [-0.1, -0.05) is 41.4 Å². The molecular weight excluding hydrogens is 494 g/mol. The molecule has 36 heavy (non-hydrogen) atoms. The number of fused-ring (bicyclic) bond motifs is 3. The molecule has 3 aliphatic carbocycles. The predicted molar refractivity (Wildman–Crippen MR) is 139 cm³/mol. The number of carbonyl (C=O) groups is 1. The van der Waals surface area contributed by atoms with Crippen LogP contribution in [-0.4, -0.2) is 41.7 Å². The average molecular weight is 526 g/mol. The van der Waals surface area contributed by atoms with Crippen LogP contribution in [0.1, 0.15) is 62.5 Å². The summed E-state index contributed by atoms with van der Waals surface area (Å²) < 4.78 is 28.6. The first-order valence-corrected chi connectivity index (χ1v) is 14.6. The second kappa shape index (κ2) is 9.48. The number of amides is 1. The predicted octanol–water partition coefficient (Wildman–Crippen LogP) is 5.45. The fraction of sp³-hybridized carbons (Fsp3) is 0.500. The number of aryl methyl sites for hydroxylation is 1. The molecule has 6 rings (SSSR count). The highest BCUT2D eigenvalue weighted by Crippen LogP contribution is 2.55. The van der Waals surface area contributed by atoms with E-state index in [0.717, 1.165) is 49.7 Å². The summed E-state index contributed by atoms with van der Waals surface area (Å²) in [5.41, 5.74) is 1.33. The Kier molecular flexibility index (Phi) is 6.65. The minimum Gasteiger partial charge on any atom is -0.331 e. The lowest BCUT2D eigenvalue weighted by atomic mass is 9.57. The zero-order valence-corrected chi connectivity index (χ0v) is 22.2. The maximum Gasteiger partial charge on any atom is 0.243 e. The Labute approximate surface area is 218 Å². The molecule has 0 aromatic heterocycles. The normalized spacial score (nSPS) is 28.1. The molecule has 4 aliphatic rings. The summed E-state index contributed by atoms with van der Waals surface area (Å²) in [6, 6.07) is 16.2. The maximum absolute atomic E-state index is 14.3.